The normalized spacial score (nSPS) is 20.2. The molecule has 5 heterocycles. The highest BCUT2D eigenvalue weighted by molar-refractivity contribution is 8.09. The number of nitrogens with one attached hydrogen (secondary N) is 3. The lowest BCUT2D eigenvalue weighted by molar-refractivity contribution is -0.384. The largest absolute Gasteiger partial charge is 0.455 e. The van der Waals surface area contributed by atoms with Gasteiger partial charge in [0.25, 0.3) is 11.6 Å². The number of amides is 1. The highest BCUT2D eigenvalue weighted by atomic mass is 32.2. The zero-order valence-electron chi connectivity index (χ0n) is 35.8. The Morgan fingerprint density at radius 1 is 0.906 bits per heavy atom. The summed E-state index contributed by atoms with van der Waals surface area (Å²) in [5, 5.41) is 14.9. The lowest BCUT2D eigenvalue weighted by atomic mass is 9.59. The summed E-state index contributed by atoms with van der Waals surface area (Å²) in [7, 11) is 0. The molecule has 334 valence electrons. The molecule has 0 radical (unpaired) electrons. The number of aromatic nitrogens is 3. The number of nitro groups is 1. The van der Waals surface area contributed by atoms with Crippen LogP contribution in [-0.2, 0) is 4.28 Å². The van der Waals surface area contributed by atoms with Gasteiger partial charge in [-0.1, -0.05) is 43.5 Å². The number of hydrogen-bond acceptors (Lipinski definition) is 13. The van der Waals surface area contributed by atoms with Crippen molar-refractivity contribution in [1.29, 1.82) is 0 Å². The minimum atomic E-state index is -0.984. The average Bonchev–Trinajstić information content (AvgIpc) is 3.85. The first kappa shape index (κ1) is 42.3. The molecule has 64 heavy (non-hydrogen) atoms. The van der Waals surface area contributed by atoms with Gasteiger partial charge in [-0.05, 0) is 123 Å². The number of anilines is 2. The third kappa shape index (κ3) is 9.26. The molecule has 3 aliphatic carbocycles. The predicted molar refractivity (Wildman–Crippen MR) is 245 cm³/mol. The van der Waals surface area contributed by atoms with E-state index < -0.39 is 16.1 Å². The fourth-order valence-corrected chi connectivity index (χ4v) is 11.0. The van der Waals surface area contributed by atoms with Crippen LogP contribution in [0, 0.1) is 21.4 Å². The molecule has 0 bridgehead atoms. The first-order valence-corrected chi connectivity index (χ1v) is 23.6. The van der Waals surface area contributed by atoms with Crippen LogP contribution in [0.1, 0.15) is 117 Å². The number of fused-ring (bicyclic) bond motifs is 1. The molecule has 1 amide bonds. The molecule has 5 aromatic rings. The Morgan fingerprint density at radius 2 is 1.72 bits per heavy atom. The first-order chi connectivity index (χ1) is 31.3. The first-order valence-electron chi connectivity index (χ1n) is 22.9. The van der Waals surface area contributed by atoms with Crippen molar-refractivity contribution in [2.24, 2.45) is 11.3 Å². The molecule has 3 N–H and O–H groups in total. The van der Waals surface area contributed by atoms with Gasteiger partial charge in [0.2, 0.25) is 5.88 Å². The summed E-state index contributed by atoms with van der Waals surface area (Å²) in [6, 6.07) is 20.7. The second kappa shape index (κ2) is 18.4. The molecular formula is C48H54N8O7S. The van der Waals surface area contributed by atoms with E-state index in [4.69, 9.17) is 13.8 Å². The van der Waals surface area contributed by atoms with Crippen molar-refractivity contribution < 1.29 is 28.3 Å². The van der Waals surface area contributed by atoms with E-state index in [0.29, 0.717) is 47.1 Å². The summed E-state index contributed by atoms with van der Waals surface area (Å²) in [4.78, 5) is 54.5. The summed E-state index contributed by atoms with van der Waals surface area (Å²) in [5.74, 6) is 1.03. The quantitative estimate of drug-likeness (QED) is 0.0416. The highest BCUT2D eigenvalue weighted by Crippen LogP contribution is 2.55. The Balaban J connectivity index is 0.765. The van der Waals surface area contributed by atoms with Gasteiger partial charge in [0.1, 0.15) is 34.9 Å². The number of carbonyl (C=O) groups excluding carboxylic acids is 2. The van der Waals surface area contributed by atoms with E-state index in [9.17, 15) is 19.7 Å². The summed E-state index contributed by atoms with van der Waals surface area (Å²) in [5.41, 5.74) is 7.66. The summed E-state index contributed by atoms with van der Waals surface area (Å²) >= 11 is 0.214. The van der Waals surface area contributed by atoms with E-state index in [1.807, 2.05) is 24.3 Å². The lowest BCUT2D eigenvalue weighted by Gasteiger charge is -2.56. The van der Waals surface area contributed by atoms with Crippen LogP contribution in [0.25, 0.3) is 11.0 Å². The van der Waals surface area contributed by atoms with E-state index in [1.165, 1.54) is 57.7 Å². The van der Waals surface area contributed by atoms with Gasteiger partial charge >= 0.3 is 5.30 Å². The molecule has 2 saturated heterocycles. The van der Waals surface area contributed by atoms with Crippen LogP contribution in [0.3, 0.4) is 0 Å². The fourth-order valence-electron chi connectivity index (χ4n) is 10.7. The SMILES string of the molecule is O=C(Oc1cc([N+](=O)[O-])c(NCC2CCCCC2)cn1)SONC(=O)c1ccc(N2CCC3(CC2)CC(N2CCCC2c2ccccc2C2CC2)C3)cc1Oc1cnc2[nH]ccc2c1. The van der Waals surface area contributed by atoms with Crippen LogP contribution in [0.15, 0.2) is 79.3 Å². The van der Waals surface area contributed by atoms with Crippen LogP contribution < -0.4 is 25.2 Å². The third-order valence-corrected chi connectivity index (χ3v) is 14.7. The summed E-state index contributed by atoms with van der Waals surface area (Å²) in [6.07, 6.45) is 20.3. The molecule has 5 aliphatic rings. The summed E-state index contributed by atoms with van der Waals surface area (Å²) < 4.78 is 16.8. The highest BCUT2D eigenvalue weighted by Gasteiger charge is 2.50. The van der Waals surface area contributed by atoms with Crippen LogP contribution in [-0.4, -0.2) is 68.2 Å². The number of benzene rings is 2. The number of H-pyrrole nitrogens is 1. The third-order valence-electron chi connectivity index (χ3n) is 14.3. The smallest absolute Gasteiger partial charge is 0.403 e. The van der Waals surface area contributed by atoms with Gasteiger partial charge in [0.05, 0.1) is 28.9 Å². The van der Waals surface area contributed by atoms with E-state index in [0.717, 1.165) is 74.7 Å². The van der Waals surface area contributed by atoms with Gasteiger partial charge in [-0.3, -0.25) is 19.8 Å². The second-order valence-electron chi connectivity index (χ2n) is 18.3. The molecule has 16 heteroatoms. The minimum Gasteiger partial charge on any atom is -0.455 e. The number of carbonyl (C=O) groups is 2. The van der Waals surface area contributed by atoms with Crippen molar-refractivity contribution >= 4 is 51.3 Å². The van der Waals surface area contributed by atoms with Crippen molar-refractivity contribution in [3.8, 4) is 17.4 Å². The zero-order valence-corrected chi connectivity index (χ0v) is 36.7. The number of hydrogen-bond donors (Lipinski definition) is 3. The van der Waals surface area contributed by atoms with Gasteiger partial charge in [-0.2, -0.15) is 4.28 Å². The number of nitrogens with zero attached hydrogens (tertiary/aromatic N) is 5. The zero-order chi connectivity index (χ0) is 43.6. The monoisotopic (exact) mass is 886 g/mol. The fraction of sp³-hybridized carbons (Fsp3) is 0.458. The number of aromatic amines is 1. The van der Waals surface area contributed by atoms with Crippen molar-refractivity contribution in [2.45, 2.75) is 101 Å². The number of pyridine rings is 2. The Labute approximate surface area is 376 Å². The van der Waals surface area contributed by atoms with Crippen molar-refractivity contribution in [1.82, 2.24) is 25.3 Å². The number of ether oxygens (including phenoxy) is 2. The molecule has 2 aliphatic heterocycles. The summed E-state index contributed by atoms with van der Waals surface area (Å²) in [6.45, 7) is 3.61. The predicted octanol–water partition coefficient (Wildman–Crippen LogP) is 10.6. The minimum absolute atomic E-state index is 0.180. The molecule has 3 aromatic heterocycles. The Morgan fingerprint density at radius 3 is 2.52 bits per heavy atom. The molecule has 1 unspecified atom stereocenters. The maximum atomic E-state index is 13.6. The second-order valence-corrected chi connectivity index (χ2v) is 19.0. The van der Waals surface area contributed by atoms with Gasteiger partial charge in [-0.15, -0.1) is 0 Å². The van der Waals surface area contributed by atoms with Crippen molar-refractivity contribution in [2.75, 3.05) is 36.4 Å². The molecule has 1 atom stereocenters. The van der Waals surface area contributed by atoms with Crippen LogP contribution >= 0.6 is 12.0 Å². The standard InChI is InChI=1S/C48H54N8O7S/c57-46(53-63-64-47(58)62-44-25-42(56(59)60)40(30-51-44)50-28-31-7-2-1-3-8-31)39-15-14-34(24-43(39)61-36-23-33-16-19-49-45(33)52-29-36)54-21-17-48(18-22-54)26-35(27-48)55-20-6-11-41(55)38-10-5-4-9-37(38)32-12-13-32/h4-5,9-10,14-16,19,23-25,29-32,35,41,50H,1-3,6-8,11-13,17-18,20-22,26-28H2,(H,49,52)(H,53,57). The molecule has 15 nitrogen and oxygen atoms in total. The van der Waals surface area contributed by atoms with Gasteiger partial charge in [-0.25, -0.2) is 20.2 Å². The maximum absolute atomic E-state index is 13.6. The van der Waals surface area contributed by atoms with E-state index >= 15 is 0 Å². The van der Waals surface area contributed by atoms with Crippen LogP contribution in [0.5, 0.6) is 17.4 Å². The Bertz CT molecular complexity index is 2510. The van der Waals surface area contributed by atoms with Crippen molar-refractivity contribution in [3.63, 3.8) is 0 Å². The van der Waals surface area contributed by atoms with Gasteiger partial charge in [0.15, 0.2) is 0 Å². The average molecular weight is 887 g/mol. The molecule has 10 rings (SSSR count). The molecule has 1 spiro atoms. The Kier molecular flexibility index (Phi) is 12.2. The van der Waals surface area contributed by atoms with E-state index in [1.54, 1.807) is 29.6 Å². The van der Waals surface area contributed by atoms with E-state index in [2.05, 4.69) is 59.8 Å². The number of piperidine rings is 1. The lowest BCUT2D eigenvalue weighted by Crippen LogP contribution is -2.54. The molecular weight excluding hydrogens is 833 g/mol. The van der Waals surface area contributed by atoms with E-state index in [-0.39, 0.29) is 34.9 Å². The number of rotatable bonds is 14. The molecule has 5 fully saturated rings. The van der Waals surface area contributed by atoms with Crippen molar-refractivity contribution in [3.05, 3.63) is 106 Å². The maximum Gasteiger partial charge on any atom is 0.403 e. The molecule has 3 saturated carbocycles. The number of hydroxylamine groups is 1. The van der Waals surface area contributed by atoms with Crippen LogP contribution in [0.2, 0.25) is 0 Å². The Hall–Kier alpha value is -5.71. The van der Waals surface area contributed by atoms with Gasteiger partial charge in [0, 0.05) is 55.1 Å². The topological polar surface area (TPSA) is 177 Å². The number of likely N-dealkylation sites (tertiary alicyclic amines) is 1. The van der Waals surface area contributed by atoms with Gasteiger partial charge < -0.3 is 24.7 Å². The molecule has 2 aromatic carbocycles. The van der Waals surface area contributed by atoms with Crippen LogP contribution in [0.4, 0.5) is 21.9 Å².